The molecule has 0 spiro atoms. The van der Waals surface area contributed by atoms with Crippen LogP contribution in [-0.2, 0) is 14.3 Å². The van der Waals surface area contributed by atoms with E-state index >= 15 is 0 Å². The molecule has 0 aromatic carbocycles. The molecule has 2 N–H and O–H groups in total. The van der Waals surface area contributed by atoms with Crippen LogP contribution < -0.4 is 5.73 Å². The molecular weight excluding hydrogens is 304 g/mol. The van der Waals surface area contributed by atoms with Crippen LogP contribution in [0.2, 0.25) is 0 Å². The Hall–Kier alpha value is -0.360. The summed E-state index contributed by atoms with van der Waals surface area (Å²) < 4.78 is 10.8. The highest BCUT2D eigenvalue weighted by atomic mass is 35.5. The van der Waals surface area contributed by atoms with E-state index in [2.05, 4.69) is 0 Å². The van der Waals surface area contributed by atoms with E-state index < -0.39 is 5.54 Å². The molecule has 0 bridgehead atoms. The van der Waals surface area contributed by atoms with Gasteiger partial charge in [-0.05, 0) is 32.1 Å². The van der Waals surface area contributed by atoms with Crippen molar-refractivity contribution in [3.8, 4) is 0 Å². The number of piperidine rings is 1. The predicted octanol–water partition coefficient (Wildman–Crippen LogP) is 2.11. The molecule has 1 aliphatic carbocycles. The van der Waals surface area contributed by atoms with E-state index in [4.69, 9.17) is 15.2 Å². The summed E-state index contributed by atoms with van der Waals surface area (Å²) in [7, 11) is 1.71. The number of carbonyl (C=O) groups excluding carboxylic acids is 1. The van der Waals surface area contributed by atoms with Crippen molar-refractivity contribution in [1.82, 2.24) is 4.90 Å². The minimum Gasteiger partial charge on any atom is -0.385 e. The number of rotatable bonds is 6. The minimum atomic E-state index is -0.593. The van der Waals surface area contributed by atoms with Crippen LogP contribution in [0.25, 0.3) is 0 Å². The molecule has 22 heavy (non-hydrogen) atoms. The molecule has 130 valence electrons. The molecule has 1 saturated heterocycles. The standard InChI is InChI=1S/C16H30N2O3.ClH/c1-20-12-5-13-21-14-6-10-18(11-7-14)15(19)16(17)8-3-2-4-9-16;/h14H,2-13,17H2,1H3;1H. The van der Waals surface area contributed by atoms with Crippen LogP contribution >= 0.6 is 12.4 Å². The van der Waals surface area contributed by atoms with Gasteiger partial charge in [0.1, 0.15) is 0 Å². The number of halogens is 1. The van der Waals surface area contributed by atoms with Gasteiger partial charge in [-0.3, -0.25) is 4.79 Å². The number of amides is 1. The minimum absolute atomic E-state index is 0. The van der Waals surface area contributed by atoms with E-state index in [1.54, 1.807) is 7.11 Å². The van der Waals surface area contributed by atoms with Crippen LogP contribution in [0.3, 0.4) is 0 Å². The van der Waals surface area contributed by atoms with Crippen LogP contribution in [0.1, 0.15) is 51.4 Å². The number of carbonyl (C=O) groups is 1. The first-order chi connectivity index (χ1) is 10.2. The molecular formula is C16H31ClN2O3. The number of ether oxygens (including phenoxy) is 2. The average molecular weight is 335 g/mol. The van der Waals surface area contributed by atoms with Gasteiger partial charge in [0.15, 0.2) is 0 Å². The number of methoxy groups -OCH3 is 1. The summed E-state index contributed by atoms with van der Waals surface area (Å²) in [4.78, 5) is 14.6. The molecule has 0 unspecified atom stereocenters. The van der Waals surface area contributed by atoms with Crippen molar-refractivity contribution in [1.29, 1.82) is 0 Å². The molecule has 2 rings (SSSR count). The smallest absolute Gasteiger partial charge is 0.242 e. The zero-order valence-corrected chi connectivity index (χ0v) is 14.5. The number of nitrogens with zero attached hydrogens (tertiary/aromatic N) is 1. The molecule has 1 heterocycles. The SMILES string of the molecule is COCCCOC1CCN(C(=O)C2(N)CCCCC2)CC1.Cl. The van der Waals surface area contributed by atoms with E-state index in [0.717, 1.165) is 71.2 Å². The van der Waals surface area contributed by atoms with Crippen LogP contribution in [0.5, 0.6) is 0 Å². The van der Waals surface area contributed by atoms with E-state index in [1.165, 1.54) is 6.42 Å². The summed E-state index contributed by atoms with van der Waals surface area (Å²) in [5, 5.41) is 0. The van der Waals surface area contributed by atoms with Crippen molar-refractivity contribution < 1.29 is 14.3 Å². The number of hydrogen-bond acceptors (Lipinski definition) is 4. The van der Waals surface area contributed by atoms with Gasteiger partial charge in [-0.25, -0.2) is 0 Å². The summed E-state index contributed by atoms with van der Waals surface area (Å²) in [6.45, 7) is 3.06. The van der Waals surface area contributed by atoms with Crippen molar-refractivity contribution in [3.63, 3.8) is 0 Å². The van der Waals surface area contributed by atoms with Gasteiger partial charge in [0.25, 0.3) is 0 Å². The van der Waals surface area contributed by atoms with Gasteiger partial charge in [-0.2, -0.15) is 0 Å². The third kappa shape index (κ3) is 5.37. The zero-order chi connectivity index (χ0) is 15.1. The van der Waals surface area contributed by atoms with Crippen molar-refractivity contribution >= 4 is 18.3 Å². The lowest BCUT2D eigenvalue weighted by atomic mass is 9.81. The zero-order valence-electron chi connectivity index (χ0n) is 13.7. The number of likely N-dealkylation sites (tertiary alicyclic amines) is 1. The number of hydrogen-bond donors (Lipinski definition) is 1. The summed E-state index contributed by atoms with van der Waals surface area (Å²) in [5.74, 6) is 0.167. The fourth-order valence-electron chi connectivity index (χ4n) is 3.39. The Balaban J connectivity index is 0.00000242. The Labute approximate surface area is 140 Å². The van der Waals surface area contributed by atoms with E-state index in [0.29, 0.717) is 0 Å². The van der Waals surface area contributed by atoms with Gasteiger partial charge in [0.2, 0.25) is 5.91 Å². The lowest BCUT2D eigenvalue weighted by Gasteiger charge is -2.40. The summed E-state index contributed by atoms with van der Waals surface area (Å²) >= 11 is 0. The largest absolute Gasteiger partial charge is 0.385 e. The van der Waals surface area contributed by atoms with E-state index in [1.807, 2.05) is 4.90 Å². The second kappa shape index (κ2) is 9.71. The highest BCUT2D eigenvalue weighted by Crippen LogP contribution is 2.29. The van der Waals surface area contributed by atoms with E-state index in [-0.39, 0.29) is 24.4 Å². The lowest BCUT2D eigenvalue weighted by molar-refractivity contribution is -0.141. The average Bonchev–Trinajstić information content (AvgIpc) is 2.52. The van der Waals surface area contributed by atoms with Crippen LogP contribution in [0, 0.1) is 0 Å². The summed E-state index contributed by atoms with van der Waals surface area (Å²) in [6, 6.07) is 0. The van der Waals surface area contributed by atoms with Gasteiger partial charge in [-0.15, -0.1) is 12.4 Å². The second-order valence-corrected chi connectivity index (χ2v) is 6.43. The third-order valence-electron chi connectivity index (χ3n) is 4.75. The Morgan fingerprint density at radius 3 is 2.41 bits per heavy atom. The van der Waals surface area contributed by atoms with Crippen LogP contribution in [0.15, 0.2) is 0 Å². The normalized spacial score (nSPS) is 22.2. The van der Waals surface area contributed by atoms with Crippen LogP contribution in [-0.4, -0.2) is 55.9 Å². The second-order valence-electron chi connectivity index (χ2n) is 6.43. The first kappa shape index (κ1) is 19.7. The Kier molecular flexibility index (Phi) is 8.69. The van der Waals surface area contributed by atoms with Gasteiger partial charge in [-0.1, -0.05) is 19.3 Å². The Bertz CT molecular complexity index is 327. The summed E-state index contributed by atoms with van der Waals surface area (Å²) in [5.41, 5.74) is 5.75. The van der Waals surface area contributed by atoms with Crippen LogP contribution in [0.4, 0.5) is 0 Å². The molecule has 6 heteroatoms. The third-order valence-corrected chi connectivity index (χ3v) is 4.75. The first-order valence-electron chi connectivity index (χ1n) is 8.34. The fourth-order valence-corrected chi connectivity index (χ4v) is 3.39. The maximum absolute atomic E-state index is 12.6. The molecule has 1 aliphatic heterocycles. The highest BCUT2D eigenvalue weighted by molar-refractivity contribution is 5.86. The molecule has 2 aliphatic rings. The maximum Gasteiger partial charge on any atom is 0.242 e. The molecule has 0 radical (unpaired) electrons. The highest BCUT2D eigenvalue weighted by Gasteiger charge is 2.39. The molecule has 2 fully saturated rings. The van der Waals surface area contributed by atoms with Gasteiger partial charge >= 0.3 is 0 Å². The van der Waals surface area contributed by atoms with Gasteiger partial charge in [0.05, 0.1) is 11.6 Å². The van der Waals surface area contributed by atoms with Crippen molar-refractivity contribution in [2.45, 2.75) is 63.0 Å². The van der Waals surface area contributed by atoms with Crippen molar-refractivity contribution in [3.05, 3.63) is 0 Å². The quantitative estimate of drug-likeness (QED) is 0.756. The van der Waals surface area contributed by atoms with Gasteiger partial charge < -0.3 is 20.1 Å². The fraction of sp³-hybridized carbons (Fsp3) is 0.938. The monoisotopic (exact) mass is 334 g/mol. The van der Waals surface area contributed by atoms with Crippen molar-refractivity contribution in [2.24, 2.45) is 5.73 Å². The molecule has 0 aromatic rings. The topological polar surface area (TPSA) is 64.8 Å². The lowest BCUT2D eigenvalue weighted by Crippen LogP contribution is -2.58. The molecule has 0 aromatic heterocycles. The number of nitrogens with two attached hydrogens (primary N) is 1. The molecule has 5 nitrogen and oxygen atoms in total. The molecule has 1 amide bonds. The Morgan fingerprint density at radius 1 is 1.18 bits per heavy atom. The maximum atomic E-state index is 12.6. The van der Waals surface area contributed by atoms with E-state index in [9.17, 15) is 4.79 Å². The first-order valence-corrected chi connectivity index (χ1v) is 8.34. The molecule has 1 saturated carbocycles. The van der Waals surface area contributed by atoms with Gasteiger partial charge in [0, 0.05) is 33.4 Å². The Morgan fingerprint density at radius 2 is 1.82 bits per heavy atom. The molecule has 0 atom stereocenters. The van der Waals surface area contributed by atoms with Crippen molar-refractivity contribution in [2.75, 3.05) is 33.4 Å². The predicted molar refractivity (Wildman–Crippen MR) is 89.3 cm³/mol. The summed E-state index contributed by atoms with van der Waals surface area (Å²) in [6.07, 6.45) is 8.14.